The highest BCUT2D eigenvalue weighted by Gasteiger charge is 2.19. The van der Waals surface area contributed by atoms with Crippen LogP contribution in [0.1, 0.15) is 102 Å². The van der Waals surface area contributed by atoms with Crippen LogP contribution in [0.2, 0.25) is 0 Å². The Balaban J connectivity index is 0.000000142. The van der Waals surface area contributed by atoms with Crippen LogP contribution in [0, 0.1) is 32.8 Å². The monoisotopic (exact) mass is 1570 g/mol. The third kappa shape index (κ3) is 26.4. The summed E-state index contributed by atoms with van der Waals surface area (Å²) in [5.74, 6) is 4.97. The molecule has 0 amide bonds. The largest absolute Gasteiger partial charge is 0.481 e. The molecule has 15 heterocycles. The first-order valence-electron chi connectivity index (χ1n) is 34.7. The molecule has 0 unspecified atom stereocenters. The van der Waals surface area contributed by atoms with Crippen LogP contribution >= 0.6 is 22.7 Å². The van der Waals surface area contributed by atoms with E-state index in [0.29, 0.717) is 108 Å². The predicted molar refractivity (Wildman–Crippen MR) is 419 cm³/mol. The van der Waals surface area contributed by atoms with Gasteiger partial charge in [-0.15, -0.1) is 11.3 Å². The van der Waals surface area contributed by atoms with Gasteiger partial charge in [-0.2, -0.15) is 4.39 Å². The molecule has 0 N–H and O–H groups in total. The Morgan fingerprint density at radius 3 is 1.03 bits per heavy atom. The number of pyridine rings is 10. The number of aromatic nitrogens is 18. The van der Waals surface area contributed by atoms with Gasteiger partial charge in [-0.3, -0.25) is 68.8 Å². The van der Waals surface area contributed by atoms with E-state index in [0.717, 1.165) is 38.9 Å². The number of carbonyl (C=O) groups excluding carboxylic acids is 5. The summed E-state index contributed by atoms with van der Waals surface area (Å²) in [4.78, 5) is 134. The van der Waals surface area contributed by atoms with Crippen molar-refractivity contribution in [1.29, 1.82) is 0 Å². The van der Waals surface area contributed by atoms with Gasteiger partial charge < -0.3 is 28.4 Å². The standard InChI is InChI=1S/C18H15N3O3.C18H15N3O2.C17H14N4O2.C15H11FN4O2S.C15H12N4O2S/c1-23-18-6-2-4-13(21-18)10-17(22)16-11-14(7-9-20-16)24-15-5-3-8-19-12-15;1-13-4-5-14(21-11-13)9-18(22)17-10-15(6-8-20-17)23-16-3-2-7-19-12-16;1-12-2-3-13(21-8-12)6-17(22)16-7-14(4-5-20-16)23-15-9-18-11-19-10-15;1-9-15(16)23-14(20-9)5-13(21)12-4-10(2-3-19-12)22-11-6-17-8-18-7-11;1-10-8-22-15(19-10)5-14(20)13-4-11(2-3-18-13)21-12-6-16-9-17-7-12/h2-9,11-12H,10H2,1H3;2-8,10-12H,9H2,1H3;2-5,7-11H,6H2,1H3;2-4,6-8H,5H2,1H3;2-4,6-9H,5H2,1H3. The fourth-order valence-electron chi connectivity index (χ4n) is 9.73. The lowest BCUT2D eigenvalue weighted by Gasteiger charge is -2.06. The molecule has 0 radical (unpaired) electrons. The minimum Gasteiger partial charge on any atom is -0.481 e. The van der Waals surface area contributed by atoms with Gasteiger partial charge in [-0.05, 0) is 112 Å². The van der Waals surface area contributed by atoms with Crippen molar-refractivity contribution in [2.45, 2.75) is 59.8 Å². The van der Waals surface area contributed by atoms with Crippen molar-refractivity contribution in [3.8, 4) is 63.4 Å². The van der Waals surface area contributed by atoms with Crippen LogP contribution in [-0.2, 0) is 32.1 Å². The van der Waals surface area contributed by atoms with Gasteiger partial charge in [-0.1, -0.05) is 29.5 Å². The van der Waals surface area contributed by atoms with E-state index >= 15 is 0 Å². The van der Waals surface area contributed by atoms with E-state index in [1.807, 2.05) is 50.4 Å². The fraction of sp³-hybridized carbons (Fsp3) is 0.120. The molecule has 0 aliphatic carbocycles. The number of thiazole rings is 2. The van der Waals surface area contributed by atoms with Crippen molar-refractivity contribution in [3.63, 3.8) is 0 Å². The van der Waals surface area contributed by atoms with Crippen LogP contribution in [0.4, 0.5) is 4.39 Å². The molecule has 0 saturated heterocycles. The van der Waals surface area contributed by atoms with Crippen molar-refractivity contribution in [1.82, 2.24) is 89.7 Å². The molecule has 0 fully saturated rings. The number of halogens is 1. The van der Waals surface area contributed by atoms with Gasteiger partial charge in [0.05, 0.1) is 100 Å². The molecule has 15 aromatic rings. The number of methoxy groups -OCH3 is 1. The van der Waals surface area contributed by atoms with Crippen LogP contribution < -0.4 is 28.4 Å². The van der Waals surface area contributed by atoms with E-state index in [9.17, 15) is 28.4 Å². The normalized spacial score (nSPS) is 10.3. The second kappa shape index (κ2) is 41.8. The van der Waals surface area contributed by atoms with E-state index < -0.39 is 0 Å². The molecule has 29 nitrogen and oxygen atoms in total. The van der Waals surface area contributed by atoms with Crippen molar-refractivity contribution < 1.29 is 56.8 Å². The average Bonchev–Trinajstić information content (AvgIpc) is 1.84. The van der Waals surface area contributed by atoms with Gasteiger partial charge in [0.2, 0.25) is 5.88 Å². The molecular weight excluding hydrogens is 1510 g/mol. The lowest BCUT2D eigenvalue weighted by Crippen LogP contribution is -2.07. The molecule has 574 valence electrons. The number of hydrogen-bond acceptors (Lipinski definition) is 31. The molecule has 0 bridgehead atoms. The smallest absolute Gasteiger partial charge is 0.213 e. The van der Waals surface area contributed by atoms with Crippen LogP contribution in [0.15, 0.2) is 257 Å². The van der Waals surface area contributed by atoms with E-state index in [-0.39, 0.29) is 71.8 Å². The number of hydrogen-bond donors (Lipinski definition) is 0. The SMILES string of the molecule is COc1cccc(CC(=O)c2cc(Oc3cccnc3)ccn2)n1.Cc1ccc(CC(=O)c2cc(Oc3cccnc3)ccn2)nc1.Cc1ccc(CC(=O)c2cc(Oc3cncnc3)ccn2)nc1.Cc1csc(CC(=O)c2cc(Oc3cncnc3)ccn2)n1.Cc1nc(CC(=O)c2cc(Oc3cncnc3)ccn2)sc1F. The summed E-state index contributed by atoms with van der Waals surface area (Å²) in [6.07, 6.45) is 31.9. The van der Waals surface area contributed by atoms with Gasteiger partial charge >= 0.3 is 0 Å². The highest BCUT2D eigenvalue weighted by molar-refractivity contribution is 7.10. The Labute approximate surface area is 665 Å². The Morgan fingerprint density at radius 1 is 0.339 bits per heavy atom. The van der Waals surface area contributed by atoms with Crippen molar-refractivity contribution in [3.05, 3.63) is 340 Å². The number of carbonyl (C=O) groups is 5. The lowest BCUT2D eigenvalue weighted by molar-refractivity contribution is 0.0978. The first-order valence-corrected chi connectivity index (χ1v) is 36.4. The van der Waals surface area contributed by atoms with Crippen molar-refractivity contribution >= 4 is 51.6 Å². The molecule has 0 saturated carbocycles. The highest BCUT2D eigenvalue weighted by Crippen LogP contribution is 2.27. The summed E-state index contributed by atoms with van der Waals surface area (Å²) >= 11 is 2.34. The van der Waals surface area contributed by atoms with E-state index in [2.05, 4.69) is 89.7 Å². The maximum Gasteiger partial charge on any atom is 0.213 e. The number of rotatable bonds is 26. The quantitative estimate of drug-likeness (QED) is 0.0454. The lowest BCUT2D eigenvalue weighted by atomic mass is 10.1. The summed E-state index contributed by atoms with van der Waals surface area (Å²) in [5, 5.41) is 2.76. The van der Waals surface area contributed by atoms with Crippen LogP contribution in [0.3, 0.4) is 0 Å². The van der Waals surface area contributed by atoms with E-state index in [4.69, 9.17) is 28.4 Å². The minimum absolute atomic E-state index is 0.000325. The Hall–Kier alpha value is -14.9. The summed E-state index contributed by atoms with van der Waals surface area (Å²) in [6, 6.07) is 36.3. The van der Waals surface area contributed by atoms with Crippen LogP contribution in [0.5, 0.6) is 63.4 Å². The number of ketones is 5. The first kappa shape index (κ1) is 81.1. The third-order valence-corrected chi connectivity index (χ3v) is 17.1. The molecule has 32 heteroatoms. The summed E-state index contributed by atoms with van der Waals surface area (Å²) < 4.78 is 46.4. The summed E-state index contributed by atoms with van der Waals surface area (Å²) in [7, 11) is 1.54. The van der Waals surface area contributed by atoms with Gasteiger partial charge in [0, 0.05) is 115 Å². The molecule has 0 aromatic carbocycles. The molecule has 115 heavy (non-hydrogen) atoms. The number of aryl methyl sites for hydroxylation is 4. The van der Waals surface area contributed by atoms with Crippen molar-refractivity contribution in [2.24, 2.45) is 0 Å². The first-order chi connectivity index (χ1) is 56.0. The molecule has 0 spiro atoms. The van der Waals surface area contributed by atoms with Crippen molar-refractivity contribution in [2.75, 3.05) is 7.11 Å². The summed E-state index contributed by atoms with van der Waals surface area (Å²) in [5.41, 5.74) is 6.98. The van der Waals surface area contributed by atoms with E-state index in [1.165, 1.54) is 74.5 Å². The Morgan fingerprint density at radius 2 is 0.704 bits per heavy atom. The van der Waals surface area contributed by atoms with Gasteiger partial charge in [0.15, 0.2) is 51.3 Å². The average molecular weight is 1580 g/mol. The second-order valence-electron chi connectivity index (χ2n) is 24.2. The molecular formula is C83H67FN18O11S2. The van der Waals surface area contributed by atoms with Crippen LogP contribution in [0.25, 0.3) is 0 Å². The Bertz CT molecular complexity index is 5540. The third-order valence-electron chi connectivity index (χ3n) is 15.2. The molecule has 0 aliphatic rings. The van der Waals surface area contributed by atoms with Gasteiger partial charge in [-0.25, -0.2) is 44.9 Å². The van der Waals surface area contributed by atoms with Crippen LogP contribution in [-0.4, -0.2) is 126 Å². The molecule has 15 rings (SSSR count). The number of Topliss-reactive ketones (excluding diaryl/α,β-unsaturated/α-hetero) is 5. The second-order valence-corrected chi connectivity index (χ2v) is 26.1. The maximum absolute atomic E-state index is 13.3. The van der Waals surface area contributed by atoms with E-state index in [1.54, 1.807) is 178 Å². The minimum atomic E-state index is -0.373. The predicted octanol–water partition coefficient (Wildman–Crippen LogP) is 15.1. The zero-order chi connectivity index (χ0) is 80.5. The zero-order valence-electron chi connectivity index (χ0n) is 62.0. The number of ether oxygens (including phenoxy) is 6. The summed E-state index contributed by atoms with van der Waals surface area (Å²) in [6.45, 7) is 7.38. The molecule has 0 atom stereocenters. The molecule has 15 aromatic heterocycles. The zero-order valence-corrected chi connectivity index (χ0v) is 63.7. The Kier molecular flexibility index (Phi) is 29.4. The fourth-order valence-corrected chi connectivity index (χ4v) is 11.3. The topological polar surface area (TPSA) is 373 Å². The van der Waals surface area contributed by atoms with Gasteiger partial charge in [0.1, 0.15) is 97.7 Å². The molecule has 0 aliphatic heterocycles. The highest BCUT2D eigenvalue weighted by atomic mass is 32.1. The maximum atomic E-state index is 13.3. The number of nitrogens with zero attached hydrogens (tertiary/aromatic N) is 18. The van der Waals surface area contributed by atoms with Gasteiger partial charge in [0.25, 0.3) is 0 Å².